The predicted molar refractivity (Wildman–Crippen MR) is 273 cm³/mol. The molecule has 0 spiro atoms. The molecule has 8 heteroatoms. The maximum absolute atomic E-state index is 6.86. The number of pyridine rings is 1. The fourth-order valence-corrected chi connectivity index (χ4v) is 12.5. The summed E-state index contributed by atoms with van der Waals surface area (Å²) in [7, 11) is 0. The van der Waals surface area contributed by atoms with Crippen LogP contribution >= 0.6 is 11.8 Å². The van der Waals surface area contributed by atoms with Gasteiger partial charge in [-0.2, -0.15) is 0 Å². The van der Waals surface area contributed by atoms with Crippen molar-refractivity contribution in [2.45, 2.75) is 81.4 Å². The van der Waals surface area contributed by atoms with Gasteiger partial charge in [0.15, 0.2) is 0 Å². The van der Waals surface area contributed by atoms with Crippen LogP contribution in [0.5, 0.6) is 11.5 Å². The third kappa shape index (κ3) is 6.64. The van der Waals surface area contributed by atoms with Crippen LogP contribution in [0.3, 0.4) is 0 Å². The zero-order valence-electron chi connectivity index (χ0n) is 39.0. The molecule has 0 N–H and O–H groups in total. The number of hydrogen-bond donors (Lipinski definition) is 0. The van der Waals surface area contributed by atoms with Crippen LogP contribution in [-0.2, 0) is 35.6 Å². The van der Waals surface area contributed by atoms with E-state index >= 15 is 0 Å². The molecule has 0 bridgehead atoms. The Morgan fingerprint density at radius 3 is 1.99 bits per heavy atom. The first kappa shape index (κ1) is 42.0. The van der Waals surface area contributed by atoms with Gasteiger partial charge in [-0.25, -0.2) is 0 Å². The van der Waals surface area contributed by atoms with Crippen LogP contribution in [0.4, 0.5) is 17.1 Å². The monoisotopic (exact) mass is 1070 g/mol. The fraction of sp³-hybridized carbons (Fsp3) is 0.186. The van der Waals surface area contributed by atoms with Gasteiger partial charge in [0.25, 0.3) is 0 Å². The molecular weight excluding hydrogens is 1020 g/mol. The van der Waals surface area contributed by atoms with Crippen molar-refractivity contribution >= 4 is 61.7 Å². The molecule has 67 heavy (non-hydrogen) atoms. The molecule has 2 aliphatic rings. The van der Waals surface area contributed by atoms with Crippen molar-refractivity contribution in [1.82, 2.24) is 18.7 Å². The Balaban J connectivity index is 0.973. The number of rotatable bonds is 5. The van der Waals surface area contributed by atoms with E-state index in [1.54, 1.807) is 0 Å². The number of benzene rings is 7. The van der Waals surface area contributed by atoms with E-state index in [9.17, 15) is 0 Å². The standard InChI is InChI=1S/C59H51N5OS.Pt/c1-57(2,3)37-24-27-47-44(30-37)43-26-25-42(35-52(43)63(47)55-31-38(28-29-60-55)58(4,5)6)65-41-17-15-16-39(32-41)61-36-62(50-21-12-11-20-49(50)61)40-33-46-56-54(34-40)66-53-23-14-13-22-51(53)64(56)48-19-10-9-18-45(48)59(46,7)8;/h9-35H,1-8H3;. The molecule has 6 nitrogen and oxygen atoms in total. The predicted octanol–water partition coefficient (Wildman–Crippen LogP) is 16.0. The first-order chi connectivity index (χ1) is 32.1. The van der Waals surface area contributed by atoms with Crippen LogP contribution < -0.4 is 9.64 Å². The van der Waals surface area contributed by atoms with E-state index in [0.29, 0.717) is 0 Å². The van der Waals surface area contributed by atoms with Crippen molar-refractivity contribution in [2.75, 3.05) is 4.90 Å². The van der Waals surface area contributed by atoms with Crippen LogP contribution in [0.25, 0.3) is 50.0 Å². The van der Waals surface area contributed by atoms with Crippen LogP contribution in [0, 0.1) is 3.80 Å². The second kappa shape index (κ2) is 15.1. The summed E-state index contributed by atoms with van der Waals surface area (Å²) in [6, 6.07) is 57.5. The zero-order valence-corrected chi connectivity index (χ0v) is 42.0. The summed E-state index contributed by atoms with van der Waals surface area (Å²) in [4.78, 5) is 9.97. The number of nitrogens with zero attached hydrogens (tertiary/aromatic N) is 5. The normalized spacial score (nSPS) is 14.1. The van der Waals surface area contributed by atoms with Crippen molar-refractivity contribution < 1.29 is 24.1 Å². The van der Waals surface area contributed by atoms with E-state index in [1.165, 1.54) is 59.9 Å². The summed E-state index contributed by atoms with van der Waals surface area (Å²) in [5.74, 6) is 2.42. The molecule has 0 saturated heterocycles. The number of hydrogen-bond acceptors (Lipinski definition) is 4. The minimum absolute atomic E-state index is 0.0114. The molecule has 0 radical (unpaired) electrons. The summed E-state index contributed by atoms with van der Waals surface area (Å²) in [6.45, 7) is 18.3. The molecule has 0 unspecified atom stereocenters. The van der Waals surface area contributed by atoms with E-state index in [0.717, 1.165) is 54.6 Å². The molecule has 5 heterocycles. The fourth-order valence-electron chi connectivity index (χ4n) is 10.3. The molecule has 0 amide bonds. The number of fused-ring (bicyclic) bond motifs is 8. The Bertz CT molecular complexity index is 3750. The van der Waals surface area contributed by atoms with Gasteiger partial charge < -0.3 is 0 Å². The second-order valence-electron chi connectivity index (χ2n) is 20.5. The molecule has 7 aromatic carbocycles. The molecule has 0 atom stereocenters. The Morgan fingerprint density at radius 2 is 1.21 bits per heavy atom. The average molecular weight is 1070 g/mol. The molecule has 0 saturated carbocycles. The molecule has 0 fully saturated rings. The Hall–Kier alpha value is -6.40. The van der Waals surface area contributed by atoms with E-state index in [2.05, 4.69) is 251 Å². The van der Waals surface area contributed by atoms with Crippen molar-refractivity contribution in [3.8, 4) is 28.7 Å². The van der Waals surface area contributed by atoms with Crippen molar-refractivity contribution in [3.63, 3.8) is 0 Å². The number of para-hydroxylation sites is 4. The number of anilines is 3. The van der Waals surface area contributed by atoms with Gasteiger partial charge in [-0.15, -0.1) is 0 Å². The van der Waals surface area contributed by atoms with Crippen LogP contribution in [0.2, 0.25) is 0 Å². The van der Waals surface area contributed by atoms with Crippen LogP contribution in [0.15, 0.2) is 174 Å². The summed E-state index contributed by atoms with van der Waals surface area (Å²) in [5, 5.41) is 2.38. The third-order valence-corrected chi connectivity index (χ3v) is 15.9. The van der Waals surface area contributed by atoms with Crippen molar-refractivity contribution in [2.24, 2.45) is 0 Å². The van der Waals surface area contributed by atoms with Gasteiger partial charge in [-0.05, 0) is 28.0 Å². The Labute approximate surface area is 406 Å². The SMILES string of the molecule is CC(C)(C)c1ccnc(-n2c3ccc(C(C)(C)C)cc3c3ccc(Oc4cccc(-n5[c](=[Pt])n(-c6cc7c8c(c6)C(C)(C)c6ccccc6N8c6ccccc6S7)c6ccccc65)c4)cc32)c1. The zero-order chi connectivity index (χ0) is 46.1. The molecule has 0 aliphatic carbocycles. The Kier molecular flexibility index (Phi) is 9.43. The summed E-state index contributed by atoms with van der Waals surface area (Å²) < 4.78 is 15.0. The summed E-state index contributed by atoms with van der Waals surface area (Å²) in [6.07, 6.45) is 1.94. The first-order valence-corrected chi connectivity index (χ1v) is 25.0. The summed E-state index contributed by atoms with van der Waals surface area (Å²) in [5.41, 5.74) is 15.3. The molecule has 2 aliphatic heterocycles. The van der Waals surface area contributed by atoms with Gasteiger partial charge in [-0.3, -0.25) is 0 Å². The van der Waals surface area contributed by atoms with Gasteiger partial charge in [0.05, 0.1) is 0 Å². The first-order valence-electron chi connectivity index (χ1n) is 23.0. The van der Waals surface area contributed by atoms with Gasteiger partial charge in [0.2, 0.25) is 0 Å². The minimum atomic E-state index is -0.226. The maximum atomic E-state index is 6.86. The van der Waals surface area contributed by atoms with Gasteiger partial charge in [0.1, 0.15) is 0 Å². The van der Waals surface area contributed by atoms with Gasteiger partial charge in [-0.1, -0.05) is 47.6 Å². The molecular formula is C59H51N5OPtS. The van der Waals surface area contributed by atoms with E-state index in [1.807, 2.05) is 18.0 Å². The van der Waals surface area contributed by atoms with Crippen molar-refractivity contribution in [3.05, 3.63) is 190 Å². The molecule has 10 aromatic rings. The summed E-state index contributed by atoms with van der Waals surface area (Å²) >= 11 is 4.39. The van der Waals surface area contributed by atoms with Crippen LogP contribution in [0.1, 0.15) is 77.6 Å². The number of ether oxygens (including phenoxy) is 1. The average Bonchev–Trinajstić information content (AvgIpc) is 3.80. The van der Waals surface area contributed by atoms with Gasteiger partial charge >= 0.3 is 328 Å². The second-order valence-corrected chi connectivity index (χ2v) is 22.6. The third-order valence-electron chi connectivity index (χ3n) is 13.8. The topological polar surface area (TPSA) is 40.1 Å². The number of imidazole rings is 1. The van der Waals surface area contributed by atoms with E-state index in [4.69, 9.17) is 9.72 Å². The number of aromatic nitrogens is 4. The molecule has 3 aromatic heterocycles. The van der Waals surface area contributed by atoms with E-state index in [-0.39, 0.29) is 16.2 Å². The Morgan fingerprint density at radius 1 is 0.522 bits per heavy atom. The van der Waals surface area contributed by atoms with Crippen LogP contribution in [-0.4, -0.2) is 18.7 Å². The van der Waals surface area contributed by atoms with Crippen molar-refractivity contribution in [1.29, 1.82) is 0 Å². The van der Waals surface area contributed by atoms with Gasteiger partial charge in [0, 0.05) is 6.20 Å². The quantitative estimate of drug-likeness (QED) is 0.172. The molecule has 12 rings (SSSR count). The molecule has 334 valence electrons. The van der Waals surface area contributed by atoms with E-state index < -0.39 is 0 Å².